The molecule has 1 saturated heterocycles. The summed E-state index contributed by atoms with van der Waals surface area (Å²) in [5.74, 6) is -0.707. The molecule has 3 rings (SSSR count). The van der Waals surface area contributed by atoms with Crippen molar-refractivity contribution in [3.8, 4) is 0 Å². The van der Waals surface area contributed by atoms with Gasteiger partial charge in [0.1, 0.15) is 6.04 Å². The second-order valence-electron chi connectivity index (χ2n) is 6.82. The van der Waals surface area contributed by atoms with Crippen LogP contribution in [0.3, 0.4) is 0 Å². The molecule has 2 N–H and O–H groups in total. The summed E-state index contributed by atoms with van der Waals surface area (Å²) in [6.07, 6.45) is 2.31. The molecule has 1 aliphatic heterocycles. The van der Waals surface area contributed by atoms with Crippen molar-refractivity contribution in [2.24, 2.45) is 7.05 Å². The molecule has 0 spiro atoms. The van der Waals surface area contributed by atoms with Crippen molar-refractivity contribution in [3.05, 3.63) is 34.2 Å². The maximum atomic E-state index is 12.7. The lowest BCUT2D eigenvalue weighted by Crippen LogP contribution is -2.44. The molecule has 2 aromatic rings. The van der Waals surface area contributed by atoms with Crippen LogP contribution >= 0.6 is 0 Å². The number of nitrogens with zero attached hydrogens (tertiary/aromatic N) is 2. The molecule has 146 valence electrons. The first-order chi connectivity index (χ1) is 13.0. The van der Waals surface area contributed by atoms with Gasteiger partial charge in [0.15, 0.2) is 0 Å². The highest BCUT2D eigenvalue weighted by atomic mass is 16.5. The largest absolute Gasteiger partial charge is 0.381 e. The first-order valence-electron chi connectivity index (χ1n) is 9.29. The summed E-state index contributed by atoms with van der Waals surface area (Å²) >= 11 is 0. The van der Waals surface area contributed by atoms with Gasteiger partial charge in [0.05, 0.1) is 17.6 Å². The number of hydrogen-bond donors (Lipinski definition) is 2. The fourth-order valence-electron chi connectivity index (χ4n) is 3.44. The molecule has 0 bridgehead atoms. The number of aromatic nitrogens is 2. The van der Waals surface area contributed by atoms with Crippen molar-refractivity contribution < 1.29 is 14.3 Å². The smallest absolute Gasteiger partial charge is 0.329 e. The second kappa shape index (κ2) is 8.49. The zero-order valence-corrected chi connectivity index (χ0v) is 15.8. The quantitative estimate of drug-likeness (QED) is 0.518. The molecule has 1 aromatic heterocycles. The van der Waals surface area contributed by atoms with Gasteiger partial charge in [0.2, 0.25) is 11.8 Å². The molecule has 0 aliphatic carbocycles. The number of piperidine rings is 1. The highest BCUT2D eigenvalue weighted by Crippen LogP contribution is 2.23. The van der Waals surface area contributed by atoms with Crippen LogP contribution in [0.1, 0.15) is 30.9 Å². The van der Waals surface area contributed by atoms with Gasteiger partial charge in [-0.15, -0.1) is 0 Å². The van der Waals surface area contributed by atoms with E-state index in [0.29, 0.717) is 25.2 Å². The van der Waals surface area contributed by atoms with E-state index in [-0.39, 0.29) is 18.0 Å². The van der Waals surface area contributed by atoms with Gasteiger partial charge >= 0.3 is 5.69 Å². The van der Waals surface area contributed by atoms with Crippen LogP contribution in [-0.4, -0.2) is 47.8 Å². The van der Waals surface area contributed by atoms with Crippen molar-refractivity contribution in [2.75, 3.05) is 26.8 Å². The third-order valence-corrected chi connectivity index (χ3v) is 4.93. The highest BCUT2D eigenvalue weighted by molar-refractivity contribution is 6.00. The Labute approximate surface area is 157 Å². The number of ether oxygens (including phenoxy) is 1. The number of amides is 2. The van der Waals surface area contributed by atoms with E-state index in [1.54, 1.807) is 11.6 Å². The fraction of sp³-hybridized carbons (Fsp3) is 0.526. The Hall–Kier alpha value is -2.45. The summed E-state index contributed by atoms with van der Waals surface area (Å²) in [4.78, 5) is 36.3. The van der Waals surface area contributed by atoms with E-state index in [4.69, 9.17) is 4.74 Å². The number of carbonyl (C=O) groups is 2. The van der Waals surface area contributed by atoms with Gasteiger partial charge in [-0.2, -0.15) is 0 Å². The predicted octanol–water partition coefficient (Wildman–Crippen LogP) is 0.486. The summed E-state index contributed by atoms with van der Waals surface area (Å²) in [5.41, 5.74) is 2.31. The average molecular weight is 374 g/mol. The highest BCUT2D eigenvalue weighted by Gasteiger charge is 2.31. The topological polar surface area (TPSA) is 94.4 Å². The minimum Gasteiger partial charge on any atom is -0.381 e. The number of aryl methyl sites for hydroxylation is 1. The Balaban J connectivity index is 1.78. The molecule has 2 amide bonds. The minimum atomic E-state index is -0.653. The van der Waals surface area contributed by atoms with Gasteiger partial charge in [-0.25, -0.2) is 4.79 Å². The number of nitrogens with one attached hydrogen (secondary N) is 2. The van der Waals surface area contributed by atoms with Gasteiger partial charge in [-0.1, -0.05) is 6.07 Å². The van der Waals surface area contributed by atoms with Crippen LogP contribution < -0.4 is 16.3 Å². The molecule has 2 heterocycles. The summed E-state index contributed by atoms with van der Waals surface area (Å²) in [6, 6.07) is 5.15. The first-order valence-corrected chi connectivity index (χ1v) is 9.29. The average Bonchev–Trinajstić information content (AvgIpc) is 2.89. The van der Waals surface area contributed by atoms with Gasteiger partial charge in [0.25, 0.3) is 0 Å². The lowest BCUT2D eigenvalue weighted by molar-refractivity contribution is -0.135. The van der Waals surface area contributed by atoms with E-state index >= 15 is 0 Å². The zero-order valence-electron chi connectivity index (χ0n) is 15.8. The molecule has 1 unspecified atom stereocenters. The Morgan fingerprint density at radius 1 is 1.22 bits per heavy atom. The minimum absolute atomic E-state index is 0.238. The monoisotopic (exact) mass is 374 g/mol. The van der Waals surface area contributed by atoms with Crippen molar-refractivity contribution in [2.45, 2.75) is 31.7 Å². The van der Waals surface area contributed by atoms with Crippen LogP contribution in [0.5, 0.6) is 0 Å². The van der Waals surface area contributed by atoms with Crippen LogP contribution in [0.4, 0.5) is 0 Å². The molecule has 0 saturated carbocycles. The van der Waals surface area contributed by atoms with E-state index < -0.39 is 11.9 Å². The molecule has 27 heavy (non-hydrogen) atoms. The molecule has 1 aliphatic rings. The van der Waals surface area contributed by atoms with Crippen LogP contribution in [-0.2, 0) is 27.8 Å². The van der Waals surface area contributed by atoms with Gasteiger partial charge < -0.3 is 10.1 Å². The Kier molecular flexibility index (Phi) is 6.08. The lowest BCUT2D eigenvalue weighted by Gasteiger charge is -2.21. The van der Waals surface area contributed by atoms with Crippen LogP contribution in [0.15, 0.2) is 23.0 Å². The summed E-state index contributed by atoms with van der Waals surface area (Å²) < 4.78 is 8.68. The molecular weight excluding hydrogens is 348 g/mol. The maximum Gasteiger partial charge on any atom is 0.329 e. The van der Waals surface area contributed by atoms with Crippen LogP contribution in [0, 0.1) is 0 Å². The van der Waals surface area contributed by atoms with E-state index in [0.717, 1.165) is 30.5 Å². The van der Waals surface area contributed by atoms with Crippen LogP contribution in [0.25, 0.3) is 11.0 Å². The molecule has 1 atom stereocenters. The Morgan fingerprint density at radius 3 is 2.78 bits per heavy atom. The zero-order chi connectivity index (χ0) is 19.4. The van der Waals surface area contributed by atoms with Gasteiger partial charge in [0, 0.05) is 20.1 Å². The fourth-order valence-corrected chi connectivity index (χ4v) is 3.44. The second-order valence-corrected chi connectivity index (χ2v) is 6.82. The SMILES string of the molecule is CNCCCOCCc1ccc2c(c1)n(C)c(=O)n2C1CCC(=O)NC1=O. The first kappa shape index (κ1) is 19.3. The van der Waals surface area contributed by atoms with Gasteiger partial charge in [-0.3, -0.25) is 24.0 Å². The van der Waals surface area contributed by atoms with Crippen molar-refractivity contribution >= 4 is 22.8 Å². The molecule has 1 aromatic carbocycles. The van der Waals surface area contributed by atoms with E-state index in [9.17, 15) is 14.4 Å². The number of imidazole rings is 1. The number of fused-ring (bicyclic) bond motifs is 1. The Bertz CT molecular complexity index is 899. The number of imide groups is 1. The Morgan fingerprint density at radius 2 is 2.04 bits per heavy atom. The number of rotatable bonds is 8. The van der Waals surface area contributed by atoms with E-state index in [1.165, 1.54) is 4.57 Å². The summed E-state index contributed by atoms with van der Waals surface area (Å²) in [6.45, 7) is 2.27. The van der Waals surface area contributed by atoms with Crippen molar-refractivity contribution in [1.82, 2.24) is 19.8 Å². The molecule has 0 radical (unpaired) electrons. The predicted molar refractivity (Wildman–Crippen MR) is 102 cm³/mol. The van der Waals surface area contributed by atoms with E-state index in [1.807, 2.05) is 25.2 Å². The van der Waals surface area contributed by atoms with Crippen molar-refractivity contribution in [3.63, 3.8) is 0 Å². The third kappa shape index (κ3) is 4.12. The number of hydrogen-bond acceptors (Lipinski definition) is 5. The van der Waals surface area contributed by atoms with Crippen molar-refractivity contribution in [1.29, 1.82) is 0 Å². The number of carbonyl (C=O) groups excluding carboxylic acids is 2. The molecule has 8 nitrogen and oxygen atoms in total. The number of benzene rings is 1. The summed E-state index contributed by atoms with van der Waals surface area (Å²) in [5, 5.41) is 5.40. The molecular formula is C19H26N4O4. The molecule has 8 heteroatoms. The lowest BCUT2D eigenvalue weighted by atomic mass is 10.1. The standard InChI is InChI=1S/C19H26N4O4/c1-20-9-3-10-27-11-8-13-4-5-14-16(12-13)22(2)19(26)23(14)15-6-7-17(24)21-18(15)25/h4-5,12,15,20H,3,6-11H2,1-2H3,(H,21,24,25). The summed E-state index contributed by atoms with van der Waals surface area (Å²) in [7, 11) is 3.62. The third-order valence-electron chi connectivity index (χ3n) is 4.93. The normalized spacial score (nSPS) is 17.5. The molecule has 1 fully saturated rings. The van der Waals surface area contributed by atoms with E-state index in [2.05, 4.69) is 10.6 Å². The van der Waals surface area contributed by atoms with Crippen LogP contribution in [0.2, 0.25) is 0 Å². The van der Waals surface area contributed by atoms with Gasteiger partial charge in [-0.05, 0) is 50.6 Å². The maximum absolute atomic E-state index is 12.7.